The SMILES string of the molecule is C=CC(=O)N1CC[C@@H](Nc2n[nH]c3nccc(-c4ccc(C(C)NC(=O)c5ccc(C(C)(C)C)cc5)cc4)c23)C1. The van der Waals surface area contributed by atoms with Gasteiger partial charge in [0.05, 0.1) is 11.4 Å². The van der Waals surface area contributed by atoms with Crippen LogP contribution in [-0.4, -0.2) is 51.0 Å². The van der Waals surface area contributed by atoms with Gasteiger partial charge in [0.2, 0.25) is 5.91 Å². The minimum absolute atomic E-state index is 0.0429. The lowest BCUT2D eigenvalue weighted by atomic mass is 9.86. The molecule has 2 aromatic carbocycles. The number of likely N-dealkylation sites (tertiary alicyclic amines) is 1. The largest absolute Gasteiger partial charge is 0.363 e. The standard InChI is InChI=1S/C32H36N6O2/c1-6-27(39)38-18-16-25(19-38)35-30-28-26(15-17-33-29(28)36-37-30)22-9-7-21(8-10-22)20(2)34-31(40)23-11-13-24(14-12-23)32(3,4)5/h6-15,17,20,25H,1,16,18-19H2,2-5H3,(H,34,40)(H2,33,35,36,37)/t20?,25-/m1/s1. The first-order valence-corrected chi connectivity index (χ1v) is 13.7. The molecule has 3 N–H and O–H groups in total. The number of pyridine rings is 1. The number of H-pyrrole nitrogens is 1. The first-order chi connectivity index (χ1) is 19.1. The van der Waals surface area contributed by atoms with Crippen molar-refractivity contribution in [3.63, 3.8) is 0 Å². The maximum atomic E-state index is 12.9. The van der Waals surface area contributed by atoms with Gasteiger partial charge in [-0.15, -0.1) is 0 Å². The van der Waals surface area contributed by atoms with Crippen LogP contribution in [0.2, 0.25) is 0 Å². The molecule has 2 amide bonds. The van der Waals surface area contributed by atoms with Crippen molar-refractivity contribution in [1.29, 1.82) is 0 Å². The van der Waals surface area contributed by atoms with E-state index in [1.54, 1.807) is 11.1 Å². The molecule has 0 saturated carbocycles. The summed E-state index contributed by atoms with van der Waals surface area (Å²) >= 11 is 0. The molecule has 1 aliphatic heterocycles. The van der Waals surface area contributed by atoms with Crippen LogP contribution in [-0.2, 0) is 10.2 Å². The highest BCUT2D eigenvalue weighted by Gasteiger charge is 2.26. The molecule has 0 bridgehead atoms. The number of hydrogen-bond donors (Lipinski definition) is 3. The number of carbonyl (C=O) groups is 2. The fourth-order valence-electron chi connectivity index (χ4n) is 5.13. The number of rotatable bonds is 7. The van der Waals surface area contributed by atoms with Gasteiger partial charge in [0.15, 0.2) is 11.5 Å². The van der Waals surface area contributed by atoms with E-state index in [4.69, 9.17) is 0 Å². The molecule has 1 unspecified atom stereocenters. The summed E-state index contributed by atoms with van der Waals surface area (Å²) < 4.78 is 0. The number of anilines is 1. The zero-order valence-corrected chi connectivity index (χ0v) is 23.5. The molecule has 8 heteroatoms. The Hall–Kier alpha value is -4.46. The third kappa shape index (κ3) is 5.61. The van der Waals surface area contributed by atoms with Gasteiger partial charge in [-0.3, -0.25) is 14.7 Å². The van der Waals surface area contributed by atoms with Gasteiger partial charge in [-0.05, 0) is 65.3 Å². The van der Waals surface area contributed by atoms with Gasteiger partial charge in [-0.25, -0.2) is 4.98 Å². The van der Waals surface area contributed by atoms with Crippen molar-refractivity contribution in [3.8, 4) is 11.1 Å². The lowest BCUT2D eigenvalue weighted by Crippen LogP contribution is -2.30. The molecular formula is C32H36N6O2. The summed E-state index contributed by atoms with van der Waals surface area (Å²) in [6.07, 6.45) is 3.96. The Labute approximate surface area is 234 Å². The minimum atomic E-state index is -0.156. The zero-order valence-electron chi connectivity index (χ0n) is 23.5. The van der Waals surface area contributed by atoms with E-state index in [1.807, 2.05) is 49.4 Å². The molecule has 8 nitrogen and oxygen atoms in total. The van der Waals surface area contributed by atoms with Crippen molar-refractivity contribution >= 4 is 28.7 Å². The van der Waals surface area contributed by atoms with E-state index in [9.17, 15) is 9.59 Å². The van der Waals surface area contributed by atoms with Crippen LogP contribution in [0.1, 0.15) is 61.6 Å². The van der Waals surface area contributed by atoms with Gasteiger partial charge in [-0.1, -0.05) is 63.7 Å². The topological polar surface area (TPSA) is 103 Å². The summed E-state index contributed by atoms with van der Waals surface area (Å²) in [5.74, 6) is 0.572. The summed E-state index contributed by atoms with van der Waals surface area (Å²) in [5, 5.41) is 15.0. The van der Waals surface area contributed by atoms with Crippen LogP contribution >= 0.6 is 0 Å². The molecule has 2 atom stereocenters. The number of carbonyl (C=O) groups excluding carboxylic acids is 2. The van der Waals surface area contributed by atoms with Crippen molar-refractivity contribution < 1.29 is 9.59 Å². The van der Waals surface area contributed by atoms with Crippen LogP contribution in [0.5, 0.6) is 0 Å². The second-order valence-corrected chi connectivity index (χ2v) is 11.4. The van der Waals surface area contributed by atoms with Gasteiger partial charge < -0.3 is 15.5 Å². The maximum absolute atomic E-state index is 12.9. The van der Waals surface area contributed by atoms with Crippen LogP contribution in [0.4, 0.5) is 5.82 Å². The zero-order chi connectivity index (χ0) is 28.4. The summed E-state index contributed by atoms with van der Waals surface area (Å²) in [7, 11) is 0. The van der Waals surface area contributed by atoms with E-state index in [0.29, 0.717) is 24.3 Å². The molecule has 1 saturated heterocycles. The molecule has 0 radical (unpaired) electrons. The molecule has 1 fully saturated rings. The highest BCUT2D eigenvalue weighted by molar-refractivity contribution is 6.00. The smallest absolute Gasteiger partial charge is 0.251 e. The van der Waals surface area contributed by atoms with Crippen LogP contribution in [0.15, 0.2) is 73.4 Å². The number of benzene rings is 2. The molecule has 5 rings (SSSR count). The Morgan fingerprint density at radius 2 is 1.82 bits per heavy atom. The minimum Gasteiger partial charge on any atom is -0.363 e. The third-order valence-electron chi connectivity index (χ3n) is 7.56. The monoisotopic (exact) mass is 536 g/mol. The van der Waals surface area contributed by atoms with E-state index in [1.165, 1.54) is 11.6 Å². The predicted molar refractivity (Wildman–Crippen MR) is 159 cm³/mol. The average Bonchev–Trinajstić information content (AvgIpc) is 3.60. The van der Waals surface area contributed by atoms with Gasteiger partial charge in [0.25, 0.3) is 5.91 Å². The first-order valence-electron chi connectivity index (χ1n) is 13.7. The Morgan fingerprint density at radius 3 is 2.50 bits per heavy atom. The maximum Gasteiger partial charge on any atom is 0.251 e. The Morgan fingerprint density at radius 1 is 1.10 bits per heavy atom. The lowest BCUT2D eigenvalue weighted by molar-refractivity contribution is -0.125. The highest BCUT2D eigenvalue weighted by atomic mass is 16.2. The summed E-state index contributed by atoms with van der Waals surface area (Å²) in [6.45, 7) is 13.3. The number of amides is 2. The van der Waals surface area contributed by atoms with E-state index in [-0.39, 0.29) is 29.3 Å². The Bertz CT molecular complexity index is 1530. The van der Waals surface area contributed by atoms with Crippen molar-refractivity contribution in [2.75, 3.05) is 18.4 Å². The first kappa shape index (κ1) is 27.1. The molecule has 4 aromatic rings. The molecular weight excluding hydrogens is 500 g/mol. The predicted octanol–water partition coefficient (Wildman–Crippen LogP) is 5.61. The van der Waals surface area contributed by atoms with E-state index < -0.39 is 0 Å². The number of hydrogen-bond acceptors (Lipinski definition) is 5. The lowest BCUT2D eigenvalue weighted by Gasteiger charge is -2.19. The Kier molecular flexibility index (Phi) is 7.43. The number of aromatic amines is 1. The third-order valence-corrected chi connectivity index (χ3v) is 7.56. The van der Waals surface area contributed by atoms with Gasteiger partial charge in [-0.2, -0.15) is 5.10 Å². The van der Waals surface area contributed by atoms with Crippen LogP contribution in [0.25, 0.3) is 22.2 Å². The van der Waals surface area contributed by atoms with Crippen molar-refractivity contribution in [2.24, 2.45) is 0 Å². The quantitative estimate of drug-likeness (QED) is 0.266. The average molecular weight is 537 g/mol. The summed E-state index contributed by atoms with van der Waals surface area (Å²) in [5.41, 5.74) is 5.61. The second kappa shape index (κ2) is 11.0. The van der Waals surface area contributed by atoms with Crippen molar-refractivity contribution in [2.45, 2.75) is 51.6 Å². The van der Waals surface area contributed by atoms with Gasteiger partial charge in [0.1, 0.15) is 0 Å². The summed E-state index contributed by atoms with van der Waals surface area (Å²) in [4.78, 5) is 31.1. The van der Waals surface area contributed by atoms with Crippen LogP contribution in [0, 0.1) is 0 Å². The van der Waals surface area contributed by atoms with E-state index in [0.717, 1.165) is 34.3 Å². The number of fused-ring (bicyclic) bond motifs is 1. The number of aromatic nitrogens is 3. The number of nitrogens with zero attached hydrogens (tertiary/aromatic N) is 3. The molecule has 1 aliphatic rings. The summed E-state index contributed by atoms with van der Waals surface area (Å²) in [6, 6.07) is 17.9. The van der Waals surface area contributed by atoms with Crippen LogP contribution in [0.3, 0.4) is 0 Å². The fourth-order valence-corrected chi connectivity index (χ4v) is 5.13. The normalized spacial score (nSPS) is 16.1. The number of nitrogens with one attached hydrogen (secondary N) is 3. The van der Waals surface area contributed by atoms with E-state index >= 15 is 0 Å². The molecule has 2 aromatic heterocycles. The Balaban J connectivity index is 1.30. The molecule has 3 heterocycles. The second-order valence-electron chi connectivity index (χ2n) is 11.4. The fraction of sp³-hybridized carbons (Fsp3) is 0.312. The van der Waals surface area contributed by atoms with Crippen LogP contribution < -0.4 is 10.6 Å². The molecule has 0 aliphatic carbocycles. The van der Waals surface area contributed by atoms with Gasteiger partial charge in [0, 0.05) is 30.9 Å². The molecule has 206 valence electrons. The van der Waals surface area contributed by atoms with Gasteiger partial charge >= 0.3 is 0 Å². The van der Waals surface area contributed by atoms with Crippen molar-refractivity contribution in [3.05, 3.63) is 90.1 Å². The van der Waals surface area contributed by atoms with Crippen molar-refractivity contribution in [1.82, 2.24) is 25.4 Å². The molecule has 40 heavy (non-hydrogen) atoms. The molecule has 0 spiro atoms. The van der Waals surface area contributed by atoms with E-state index in [2.05, 4.69) is 65.3 Å². The highest BCUT2D eigenvalue weighted by Crippen LogP contribution is 2.33.